The van der Waals surface area contributed by atoms with Crippen molar-refractivity contribution in [1.82, 2.24) is 15.1 Å². The van der Waals surface area contributed by atoms with Crippen LogP contribution in [0.5, 0.6) is 5.75 Å². The Kier molecular flexibility index (Phi) is 8.11. The zero-order chi connectivity index (χ0) is 24.0. The molecule has 1 unspecified atom stereocenters. The second-order valence-corrected chi connectivity index (χ2v) is 8.39. The van der Waals surface area contributed by atoms with Crippen molar-refractivity contribution in [2.24, 2.45) is 5.92 Å². The molecule has 0 saturated heterocycles. The van der Waals surface area contributed by atoms with Crippen LogP contribution in [0.15, 0.2) is 54.6 Å². The standard InChI is InChI=1S/C25H28ClN3O4/c1-16(2)23(19-10-12-20(32-4)13-11-19)27-21(30)15-33-25(31)22-17(3)28-29(24(22)26)14-18-8-6-5-7-9-18/h5-13,16,23H,14-15H2,1-4H3,(H,27,30). The smallest absolute Gasteiger partial charge is 0.343 e. The molecule has 1 amide bonds. The van der Waals surface area contributed by atoms with E-state index in [1.54, 1.807) is 18.7 Å². The summed E-state index contributed by atoms with van der Waals surface area (Å²) in [5.41, 5.74) is 2.54. The predicted molar refractivity (Wildman–Crippen MR) is 127 cm³/mol. The van der Waals surface area contributed by atoms with Crippen molar-refractivity contribution >= 4 is 23.5 Å². The molecule has 7 nitrogen and oxygen atoms in total. The van der Waals surface area contributed by atoms with Gasteiger partial charge in [0.25, 0.3) is 5.91 Å². The van der Waals surface area contributed by atoms with Crippen LogP contribution in [-0.2, 0) is 16.1 Å². The maximum atomic E-state index is 12.7. The zero-order valence-electron chi connectivity index (χ0n) is 19.2. The van der Waals surface area contributed by atoms with Gasteiger partial charge in [-0.3, -0.25) is 4.79 Å². The highest BCUT2D eigenvalue weighted by molar-refractivity contribution is 6.32. The maximum Gasteiger partial charge on any atom is 0.343 e. The van der Waals surface area contributed by atoms with Crippen LogP contribution in [0.3, 0.4) is 0 Å². The topological polar surface area (TPSA) is 82.4 Å². The highest BCUT2D eigenvalue weighted by atomic mass is 35.5. The molecule has 0 bridgehead atoms. The summed E-state index contributed by atoms with van der Waals surface area (Å²) < 4.78 is 12.0. The number of methoxy groups -OCH3 is 1. The summed E-state index contributed by atoms with van der Waals surface area (Å²) in [6.45, 7) is 5.70. The van der Waals surface area contributed by atoms with Gasteiger partial charge >= 0.3 is 5.97 Å². The van der Waals surface area contributed by atoms with Crippen LogP contribution in [0.25, 0.3) is 0 Å². The summed E-state index contributed by atoms with van der Waals surface area (Å²) in [7, 11) is 1.60. The number of aryl methyl sites for hydroxylation is 1. The van der Waals surface area contributed by atoms with Crippen molar-refractivity contribution in [2.75, 3.05) is 13.7 Å². The molecule has 0 aliphatic heterocycles. The zero-order valence-corrected chi connectivity index (χ0v) is 19.9. The number of rotatable bonds is 9. The Hall–Kier alpha value is -3.32. The number of esters is 1. The first-order valence-electron chi connectivity index (χ1n) is 10.7. The fourth-order valence-corrected chi connectivity index (χ4v) is 3.82. The number of benzene rings is 2. The molecule has 3 aromatic rings. The SMILES string of the molecule is COc1ccc(C(NC(=O)COC(=O)c2c(C)nn(Cc3ccccc3)c2Cl)C(C)C)cc1. The third-order valence-corrected chi connectivity index (χ3v) is 5.62. The van der Waals surface area contributed by atoms with Crippen LogP contribution < -0.4 is 10.1 Å². The maximum absolute atomic E-state index is 12.7. The molecule has 0 aliphatic carbocycles. The van der Waals surface area contributed by atoms with Gasteiger partial charge in [0, 0.05) is 0 Å². The molecule has 2 aromatic carbocycles. The molecule has 33 heavy (non-hydrogen) atoms. The van der Waals surface area contributed by atoms with Crippen LogP contribution in [0, 0.1) is 12.8 Å². The summed E-state index contributed by atoms with van der Waals surface area (Å²) in [4.78, 5) is 25.2. The molecule has 3 rings (SSSR count). The van der Waals surface area contributed by atoms with E-state index in [4.69, 9.17) is 21.1 Å². The molecular weight excluding hydrogens is 442 g/mol. The lowest BCUT2D eigenvalue weighted by Crippen LogP contribution is -2.35. The number of hydrogen-bond acceptors (Lipinski definition) is 5. The minimum atomic E-state index is -0.683. The third kappa shape index (κ3) is 6.14. The highest BCUT2D eigenvalue weighted by Gasteiger charge is 2.24. The molecule has 0 spiro atoms. The summed E-state index contributed by atoms with van der Waals surface area (Å²) in [5, 5.41) is 7.47. The van der Waals surface area contributed by atoms with E-state index in [0.29, 0.717) is 12.2 Å². The van der Waals surface area contributed by atoms with Gasteiger partial charge < -0.3 is 14.8 Å². The Morgan fingerprint density at radius 1 is 1.09 bits per heavy atom. The monoisotopic (exact) mass is 469 g/mol. The molecular formula is C25H28ClN3O4. The van der Waals surface area contributed by atoms with Crippen molar-refractivity contribution in [3.63, 3.8) is 0 Å². The Labute approximate surface area is 198 Å². The normalized spacial score (nSPS) is 11.8. The summed E-state index contributed by atoms with van der Waals surface area (Å²) in [5.74, 6) is -0.214. The van der Waals surface area contributed by atoms with Crippen molar-refractivity contribution in [3.8, 4) is 5.75 Å². The number of carbonyl (C=O) groups excluding carboxylic acids is 2. The van der Waals surface area contributed by atoms with Crippen molar-refractivity contribution in [1.29, 1.82) is 0 Å². The molecule has 1 atom stereocenters. The molecule has 0 radical (unpaired) electrons. The number of nitrogens with one attached hydrogen (secondary N) is 1. The van der Waals surface area contributed by atoms with Gasteiger partial charge in [-0.05, 0) is 36.1 Å². The lowest BCUT2D eigenvalue weighted by atomic mass is 9.96. The lowest BCUT2D eigenvalue weighted by Gasteiger charge is -2.23. The molecule has 1 heterocycles. The third-order valence-electron chi connectivity index (χ3n) is 5.24. The number of halogens is 1. The summed E-state index contributed by atoms with van der Waals surface area (Å²) in [6, 6.07) is 16.9. The Bertz CT molecular complexity index is 1090. The van der Waals surface area contributed by atoms with E-state index in [9.17, 15) is 9.59 Å². The number of hydrogen-bond donors (Lipinski definition) is 1. The molecule has 0 aliphatic rings. The minimum Gasteiger partial charge on any atom is -0.497 e. The number of carbonyl (C=O) groups is 2. The second-order valence-electron chi connectivity index (χ2n) is 8.03. The van der Waals surface area contributed by atoms with Gasteiger partial charge in [-0.2, -0.15) is 5.10 Å². The second kappa shape index (κ2) is 11.0. The number of ether oxygens (including phenoxy) is 2. The summed E-state index contributed by atoms with van der Waals surface area (Å²) >= 11 is 6.41. The Balaban J connectivity index is 1.63. The van der Waals surface area contributed by atoms with Crippen molar-refractivity contribution < 1.29 is 19.1 Å². The van der Waals surface area contributed by atoms with Crippen LogP contribution >= 0.6 is 11.6 Å². The number of amides is 1. The van der Waals surface area contributed by atoms with Gasteiger partial charge in [-0.25, -0.2) is 9.48 Å². The van der Waals surface area contributed by atoms with Crippen molar-refractivity contribution in [3.05, 3.63) is 82.1 Å². The average molecular weight is 470 g/mol. The van der Waals surface area contributed by atoms with E-state index < -0.39 is 18.5 Å². The van der Waals surface area contributed by atoms with Crippen LogP contribution in [0.4, 0.5) is 0 Å². The fourth-order valence-electron chi connectivity index (χ4n) is 3.51. The average Bonchev–Trinajstić information content (AvgIpc) is 3.09. The first kappa shape index (κ1) is 24.3. The first-order valence-corrected chi connectivity index (χ1v) is 11.0. The number of aromatic nitrogens is 2. The van der Waals surface area contributed by atoms with Gasteiger partial charge in [-0.1, -0.05) is 67.9 Å². The van der Waals surface area contributed by atoms with Gasteiger partial charge in [0.2, 0.25) is 0 Å². The fraction of sp³-hybridized carbons (Fsp3) is 0.320. The van der Waals surface area contributed by atoms with Gasteiger partial charge in [-0.15, -0.1) is 0 Å². The van der Waals surface area contributed by atoms with E-state index in [1.807, 2.05) is 68.4 Å². The molecule has 0 fully saturated rings. The Morgan fingerprint density at radius 2 is 1.76 bits per heavy atom. The highest BCUT2D eigenvalue weighted by Crippen LogP contribution is 2.24. The van der Waals surface area contributed by atoms with Crippen LogP contribution in [-0.4, -0.2) is 35.4 Å². The van der Waals surface area contributed by atoms with Crippen molar-refractivity contribution in [2.45, 2.75) is 33.4 Å². The quantitative estimate of drug-likeness (QED) is 0.464. The van der Waals surface area contributed by atoms with E-state index >= 15 is 0 Å². The molecule has 174 valence electrons. The molecule has 8 heteroatoms. The van der Waals surface area contributed by atoms with E-state index in [2.05, 4.69) is 10.4 Å². The van der Waals surface area contributed by atoms with Gasteiger partial charge in [0.15, 0.2) is 6.61 Å². The molecule has 1 N–H and O–H groups in total. The minimum absolute atomic E-state index is 0.131. The number of nitrogens with zero attached hydrogens (tertiary/aromatic N) is 2. The molecule has 0 saturated carbocycles. The lowest BCUT2D eigenvalue weighted by molar-refractivity contribution is -0.125. The van der Waals surface area contributed by atoms with Gasteiger partial charge in [0.1, 0.15) is 16.5 Å². The first-order chi connectivity index (χ1) is 15.8. The Morgan fingerprint density at radius 3 is 2.36 bits per heavy atom. The predicted octanol–water partition coefficient (Wildman–Crippen LogP) is 4.57. The van der Waals surface area contributed by atoms with Gasteiger partial charge in [0.05, 0.1) is 25.4 Å². The van der Waals surface area contributed by atoms with Crippen LogP contribution in [0.1, 0.15) is 47.1 Å². The summed E-state index contributed by atoms with van der Waals surface area (Å²) in [6.07, 6.45) is 0. The van der Waals surface area contributed by atoms with E-state index in [0.717, 1.165) is 16.9 Å². The van der Waals surface area contributed by atoms with Crippen LogP contribution in [0.2, 0.25) is 5.15 Å². The molecule has 1 aromatic heterocycles. The largest absolute Gasteiger partial charge is 0.497 e. The van der Waals surface area contributed by atoms with E-state index in [1.165, 1.54) is 0 Å². The van der Waals surface area contributed by atoms with E-state index in [-0.39, 0.29) is 22.7 Å².